The second-order valence-electron chi connectivity index (χ2n) is 5.50. The minimum atomic E-state index is -0.592. The lowest BCUT2D eigenvalue weighted by Crippen LogP contribution is -2.40. The normalized spacial score (nSPS) is 18.8. The topological polar surface area (TPSA) is 81.4 Å². The predicted octanol–water partition coefficient (Wildman–Crippen LogP) is 1.84. The Morgan fingerprint density at radius 3 is 2.62 bits per heavy atom. The number of carbonyl (C=O) groups excluding carboxylic acids is 2. The minimum absolute atomic E-state index is 0.0941. The molecule has 0 bridgehead atoms. The van der Waals surface area contributed by atoms with Crippen LogP contribution in [0.5, 0.6) is 0 Å². The van der Waals surface area contributed by atoms with Gasteiger partial charge in [-0.2, -0.15) is 0 Å². The number of amides is 1. The van der Waals surface area contributed by atoms with Crippen LogP contribution in [0.2, 0.25) is 0 Å². The summed E-state index contributed by atoms with van der Waals surface area (Å²) in [6.07, 6.45) is 6.42. The second-order valence-corrected chi connectivity index (χ2v) is 6.95. The molecule has 122 valence electrons. The van der Waals surface area contributed by atoms with Crippen LogP contribution in [0, 0.1) is 0 Å². The maximum atomic E-state index is 12.1. The van der Waals surface area contributed by atoms with Crippen LogP contribution in [0.1, 0.15) is 52.4 Å². The van der Waals surface area contributed by atoms with Gasteiger partial charge in [-0.15, -0.1) is 11.8 Å². The van der Waals surface area contributed by atoms with Gasteiger partial charge in [0.15, 0.2) is 0 Å². The van der Waals surface area contributed by atoms with Crippen molar-refractivity contribution < 1.29 is 14.3 Å². The Morgan fingerprint density at radius 2 is 2.00 bits per heavy atom. The van der Waals surface area contributed by atoms with Crippen molar-refractivity contribution in [3.8, 4) is 0 Å². The molecule has 0 saturated heterocycles. The van der Waals surface area contributed by atoms with Crippen molar-refractivity contribution in [2.45, 2.75) is 69.7 Å². The van der Waals surface area contributed by atoms with Crippen molar-refractivity contribution >= 4 is 23.6 Å². The van der Waals surface area contributed by atoms with Gasteiger partial charge in [0, 0.05) is 6.04 Å². The van der Waals surface area contributed by atoms with E-state index in [4.69, 9.17) is 10.5 Å². The van der Waals surface area contributed by atoms with Gasteiger partial charge in [-0.25, -0.2) is 0 Å². The van der Waals surface area contributed by atoms with Crippen LogP contribution in [0.25, 0.3) is 0 Å². The monoisotopic (exact) mass is 316 g/mol. The van der Waals surface area contributed by atoms with Gasteiger partial charge < -0.3 is 15.8 Å². The van der Waals surface area contributed by atoms with Crippen LogP contribution in [0.15, 0.2) is 0 Å². The first-order valence-corrected chi connectivity index (χ1v) is 8.93. The zero-order valence-corrected chi connectivity index (χ0v) is 13.9. The minimum Gasteiger partial charge on any atom is -0.465 e. The van der Waals surface area contributed by atoms with E-state index in [2.05, 4.69) is 5.32 Å². The summed E-state index contributed by atoms with van der Waals surface area (Å²) in [7, 11) is 0. The Bertz CT molecular complexity index is 333. The van der Waals surface area contributed by atoms with E-state index in [1.54, 1.807) is 6.92 Å². The Hall–Kier alpha value is -0.750. The lowest BCUT2D eigenvalue weighted by atomic mass is 9.95. The number of carbonyl (C=O) groups is 2. The Labute approximate surface area is 131 Å². The summed E-state index contributed by atoms with van der Waals surface area (Å²) in [6, 6.07) is -0.248. The molecule has 1 amide bonds. The molecule has 1 aliphatic rings. The molecule has 2 atom stereocenters. The summed E-state index contributed by atoms with van der Waals surface area (Å²) in [5.41, 5.74) is 5.73. The number of hydrogen-bond donors (Lipinski definition) is 2. The molecule has 1 rings (SSSR count). The number of hydrogen-bond acceptors (Lipinski definition) is 5. The van der Waals surface area contributed by atoms with E-state index < -0.39 is 6.04 Å². The highest BCUT2D eigenvalue weighted by Crippen LogP contribution is 2.19. The van der Waals surface area contributed by atoms with Crippen LogP contribution >= 0.6 is 11.8 Å². The lowest BCUT2D eigenvalue weighted by molar-refractivity contribution is -0.144. The molecular formula is C15H28N2O3S. The predicted molar refractivity (Wildman–Crippen MR) is 86.2 cm³/mol. The first-order chi connectivity index (χ1) is 10.0. The van der Waals surface area contributed by atoms with Gasteiger partial charge in [0.2, 0.25) is 5.91 Å². The van der Waals surface area contributed by atoms with Gasteiger partial charge in [0.1, 0.15) is 6.04 Å². The number of thioether (sulfide) groups is 1. The highest BCUT2D eigenvalue weighted by Gasteiger charge is 2.21. The van der Waals surface area contributed by atoms with Gasteiger partial charge in [0.25, 0.3) is 0 Å². The molecule has 6 heteroatoms. The molecular weight excluding hydrogens is 288 g/mol. The number of rotatable bonds is 8. The van der Waals surface area contributed by atoms with Crippen LogP contribution in [-0.2, 0) is 14.3 Å². The summed E-state index contributed by atoms with van der Waals surface area (Å²) in [5, 5.41) is 3.01. The fraction of sp³-hybridized carbons (Fsp3) is 0.867. The summed E-state index contributed by atoms with van der Waals surface area (Å²) < 4.78 is 4.86. The number of nitrogens with two attached hydrogens (primary N) is 1. The standard InChI is InChI=1S/C15H28N2O3S/c1-3-20-15(19)13(16)9-10-21-11(2)14(18)17-12-7-5-4-6-8-12/h11-13H,3-10,16H2,1-2H3,(H,17,18). The smallest absolute Gasteiger partial charge is 0.322 e. The van der Waals surface area contributed by atoms with Crippen molar-refractivity contribution in [3.63, 3.8) is 0 Å². The molecule has 2 unspecified atom stereocenters. The number of ether oxygens (including phenoxy) is 1. The third kappa shape index (κ3) is 7.18. The van der Waals surface area contributed by atoms with E-state index in [1.807, 2.05) is 6.92 Å². The molecule has 0 aromatic heterocycles. The molecule has 21 heavy (non-hydrogen) atoms. The molecule has 1 aliphatic carbocycles. The first kappa shape index (κ1) is 18.3. The fourth-order valence-corrected chi connectivity index (χ4v) is 3.34. The number of nitrogens with one attached hydrogen (secondary N) is 1. The summed E-state index contributed by atoms with van der Waals surface area (Å²) in [5.74, 6) is 0.410. The van der Waals surface area contributed by atoms with Crippen LogP contribution in [-0.4, -0.2) is 41.6 Å². The van der Waals surface area contributed by atoms with Crippen LogP contribution < -0.4 is 11.1 Å². The SMILES string of the molecule is CCOC(=O)C(N)CCSC(C)C(=O)NC1CCCCC1. The fourth-order valence-electron chi connectivity index (χ4n) is 2.38. The van der Waals surface area contributed by atoms with Crippen molar-refractivity contribution in [3.05, 3.63) is 0 Å². The van der Waals surface area contributed by atoms with Gasteiger partial charge in [-0.05, 0) is 38.9 Å². The highest BCUT2D eigenvalue weighted by molar-refractivity contribution is 8.00. The zero-order valence-electron chi connectivity index (χ0n) is 13.1. The zero-order chi connectivity index (χ0) is 15.7. The Kier molecular flexibility index (Phi) is 8.76. The Morgan fingerprint density at radius 1 is 1.33 bits per heavy atom. The van der Waals surface area contributed by atoms with E-state index >= 15 is 0 Å². The van der Waals surface area contributed by atoms with E-state index in [-0.39, 0.29) is 17.1 Å². The van der Waals surface area contributed by atoms with Crippen LogP contribution in [0.3, 0.4) is 0 Å². The molecule has 0 spiro atoms. The van der Waals surface area contributed by atoms with E-state index in [0.29, 0.717) is 24.8 Å². The largest absolute Gasteiger partial charge is 0.465 e. The van der Waals surface area contributed by atoms with Crippen molar-refractivity contribution in [1.29, 1.82) is 0 Å². The average Bonchev–Trinajstić information content (AvgIpc) is 2.48. The van der Waals surface area contributed by atoms with E-state index in [9.17, 15) is 9.59 Å². The maximum Gasteiger partial charge on any atom is 0.322 e. The van der Waals surface area contributed by atoms with Gasteiger partial charge >= 0.3 is 5.97 Å². The third-order valence-corrected chi connectivity index (χ3v) is 4.89. The van der Waals surface area contributed by atoms with E-state index in [0.717, 1.165) is 12.8 Å². The second kappa shape index (κ2) is 10.1. The maximum absolute atomic E-state index is 12.1. The molecule has 0 heterocycles. The Balaban J connectivity index is 2.18. The lowest BCUT2D eigenvalue weighted by Gasteiger charge is -2.24. The number of esters is 1. The molecule has 0 aromatic rings. The molecule has 3 N–H and O–H groups in total. The molecule has 0 aromatic carbocycles. The van der Waals surface area contributed by atoms with Crippen molar-refractivity contribution in [2.75, 3.05) is 12.4 Å². The highest BCUT2D eigenvalue weighted by atomic mass is 32.2. The molecule has 1 fully saturated rings. The van der Waals surface area contributed by atoms with Gasteiger partial charge in [-0.3, -0.25) is 9.59 Å². The van der Waals surface area contributed by atoms with Crippen molar-refractivity contribution in [1.82, 2.24) is 5.32 Å². The van der Waals surface area contributed by atoms with Gasteiger partial charge in [-0.1, -0.05) is 19.3 Å². The summed E-state index contributed by atoms with van der Waals surface area (Å²) >= 11 is 1.54. The first-order valence-electron chi connectivity index (χ1n) is 7.88. The van der Waals surface area contributed by atoms with Crippen LogP contribution in [0.4, 0.5) is 0 Å². The molecule has 0 radical (unpaired) electrons. The summed E-state index contributed by atoms with van der Waals surface area (Å²) in [4.78, 5) is 23.4. The third-order valence-electron chi connectivity index (χ3n) is 3.71. The average molecular weight is 316 g/mol. The summed E-state index contributed by atoms with van der Waals surface area (Å²) in [6.45, 7) is 4.01. The quantitative estimate of drug-likeness (QED) is 0.668. The molecule has 1 saturated carbocycles. The van der Waals surface area contributed by atoms with Gasteiger partial charge in [0.05, 0.1) is 11.9 Å². The molecule has 0 aliphatic heterocycles. The van der Waals surface area contributed by atoms with E-state index in [1.165, 1.54) is 31.0 Å². The molecule has 5 nitrogen and oxygen atoms in total. The van der Waals surface area contributed by atoms with Crippen molar-refractivity contribution in [2.24, 2.45) is 5.73 Å².